The molecule has 6 nitrogen and oxygen atoms in total. The molecule has 0 spiro atoms. The Kier molecular flexibility index (Phi) is 3.73. The van der Waals surface area contributed by atoms with Gasteiger partial charge >= 0.3 is 6.18 Å². The molecule has 92 valence electrons. The molecule has 1 rings (SSSR count). The molecule has 0 amide bonds. The first-order valence-electron chi connectivity index (χ1n) is 4.21. The molecular formula is C6H9F3N4O2S. The van der Waals surface area contributed by atoms with Crippen LogP contribution in [-0.2, 0) is 10.0 Å². The number of H-pyrrole nitrogens is 1. The van der Waals surface area contributed by atoms with Crippen molar-refractivity contribution in [3.63, 3.8) is 0 Å². The van der Waals surface area contributed by atoms with E-state index in [0.29, 0.717) is 0 Å². The van der Waals surface area contributed by atoms with Gasteiger partial charge in [0, 0.05) is 6.42 Å². The van der Waals surface area contributed by atoms with E-state index in [-0.39, 0.29) is 5.95 Å². The molecule has 0 atom stereocenters. The van der Waals surface area contributed by atoms with Crippen LogP contribution in [0, 0.1) is 0 Å². The highest BCUT2D eigenvalue weighted by Gasteiger charge is 2.27. The van der Waals surface area contributed by atoms with Crippen molar-refractivity contribution in [3.05, 3.63) is 6.33 Å². The van der Waals surface area contributed by atoms with Gasteiger partial charge in [-0.3, -0.25) is 4.72 Å². The SMILES string of the molecule is O=S(=O)(CCCC(F)(F)F)Nc1ncn[nH]1. The molecule has 1 aromatic rings. The normalized spacial score (nSPS) is 12.7. The number of sulfonamides is 1. The zero-order valence-corrected chi connectivity index (χ0v) is 8.77. The summed E-state index contributed by atoms with van der Waals surface area (Å²) in [5.74, 6) is -0.736. The molecule has 0 saturated carbocycles. The average molecular weight is 258 g/mol. The minimum Gasteiger partial charge on any atom is -0.252 e. The van der Waals surface area contributed by atoms with Gasteiger partial charge in [0.2, 0.25) is 16.0 Å². The Morgan fingerprint density at radius 3 is 2.62 bits per heavy atom. The quantitative estimate of drug-likeness (QED) is 0.821. The van der Waals surface area contributed by atoms with Crippen molar-refractivity contribution in [3.8, 4) is 0 Å². The third kappa shape index (κ3) is 4.96. The summed E-state index contributed by atoms with van der Waals surface area (Å²) in [6.45, 7) is 0. The fourth-order valence-corrected chi connectivity index (χ4v) is 1.93. The van der Waals surface area contributed by atoms with E-state index in [4.69, 9.17) is 0 Å². The van der Waals surface area contributed by atoms with Gasteiger partial charge in [0.1, 0.15) is 6.33 Å². The van der Waals surface area contributed by atoms with E-state index in [9.17, 15) is 21.6 Å². The summed E-state index contributed by atoms with van der Waals surface area (Å²) in [6, 6.07) is 0. The number of aromatic nitrogens is 3. The zero-order chi connectivity index (χ0) is 12.2. The van der Waals surface area contributed by atoms with Crippen molar-refractivity contribution in [1.29, 1.82) is 0 Å². The number of hydrogen-bond acceptors (Lipinski definition) is 4. The first-order chi connectivity index (χ1) is 7.29. The lowest BCUT2D eigenvalue weighted by Crippen LogP contribution is -2.19. The van der Waals surface area contributed by atoms with Gasteiger partial charge in [0.05, 0.1) is 5.75 Å². The van der Waals surface area contributed by atoms with Crippen LogP contribution in [0.15, 0.2) is 6.33 Å². The van der Waals surface area contributed by atoms with Crippen LogP contribution in [0.5, 0.6) is 0 Å². The number of hydrogen-bond donors (Lipinski definition) is 2. The molecular weight excluding hydrogens is 249 g/mol. The molecule has 0 aliphatic heterocycles. The Bertz CT molecular complexity index is 413. The minimum atomic E-state index is -4.35. The summed E-state index contributed by atoms with van der Waals surface area (Å²) in [5, 5.41) is 5.61. The molecule has 0 unspecified atom stereocenters. The van der Waals surface area contributed by atoms with E-state index in [1.807, 2.05) is 4.72 Å². The Morgan fingerprint density at radius 1 is 1.44 bits per heavy atom. The fraction of sp³-hybridized carbons (Fsp3) is 0.667. The number of halogens is 3. The van der Waals surface area contributed by atoms with Crippen molar-refractivity contribution in [2.24, 2.45) is 0 Å². The predicted molar refractivity (Wildman–Crippen MR) is 49.1 cm³/mol. The molecule has 1 aromatic heterocycles. The van der Waals surface area contributed by atoms with Crippen molar-refractivity contribution in [2.75, 3.05) is 10.5 Å². The first kappa shape index (κ1) is 12.7. The maximum absolute atomic E-state index is 11.8. The smallest absolute Gasteiger partial charge is 0.252 e. The Hall–Kier alpha value is -1.32. The van der Waals surface area contributed by atoms with Crippen LogP contribution in [0.4, 0.5) is 19.1 Å². The van der Waals surface area contributed by atoms with E-state index in [1.54, 1.807) is 0 Å². The number of anilines is 1. The number of nitrogens with zero attached hydrogens (tertiary/aromatic N) is 2. The Balaban J connectivity index is 2.41. The zero-order valence-electron chi connectivity index (χ0n) is 7.95. The van der Waals surface area contributed by atoms with Gasteiger partial charge in [-0.15, -0.1) is 0 Å². The van der Waals surface area contributed by atoms with Crippen molar-refractivity contribution >= 4 is 16.0 Å². The molecule has 0 saturated heterocycles. The van der Waals surface area contributed by atoms with E-state index in [2.05, 4.69) is 15.2 Å². The largest absolute Gasteiger partial charge is 0.389 e. The summed E-state index contributed by atoms with van der Waals surface area (Å²) in [5.41, 5.74) is 0. The average Bonchev–Trinajstić information content (AvgIpc) is 2.52. The number of aromatic amines is 1. The maximum atomic E-state index is 11.8. The maximum Gasteiger partial charge on any atom is 0.389 e. The van der Waals surface area contributed by atoms with E-state index in [0.717, 1.165) is 6.33 Å². The molecule has 2 N–H and O–H groups in total. The third-order valence-electron chi connectivity index (χ3n) is 1.54. The lowest BCUT2D eigenvalue weighted by atomic mass is 10.3. The topological polar surface area (TPSA) is 87.7 Å². The standard InChI is InChI=1S/C6H9F3N4O2S/c7-6(8,9)2-1-3-16(14,15)13-5-10-4-11-12-5/h4H,1-3H2,(H2,10,11,12,13). The second kappa shape index (κ2) is 4.68. The van der Waals surface area contributed by atoms with Crippen molar-refractivity contribution in [1.82, 2.24) is 15.2 Å². The van der Waals surface area contributed by atoms with Gasteiger partial charge in [-0.2, -0.15) is 23.3 Å². The molecule has 0 aliphatic carbocycles. The van der Waals surface area contributed by atoms with E-state index < -0.39 is 34.8 Å². The van der Waals surface area contributed by atoms with Crippen LogP contribution in [0.2, 0.25) is 0 Å². The second-order valence-electron chi connectivity index (χ2n) is 2.97. The molecule has 0 radical (unpaired) electrons. The van der Waals surface area contributed by atoms with Gasteiger partial charge in [-0.1, -0.05) is 0 Å². The summed E-state index contributed by atoms with van der Waals surface area (Å²) in [6.07, 6.45) is -4.90. The van der Waals surface area contributed by atoms with Crippen LogP contribution in [0.1, 0.15) is 12.8 Å². The third-order valence-corrected chi connectivity index (χ3v) is 2.87. The lowest BCUT2D eigenvalue weighted by molar-refractivity contribution is -0.134. The van der Waals surface area contributed by atoms with E-state index in [1.165, 1.54) is 0 Å². The van der Waals surface area contributed by atoms with Crippen molar-refractivity contribution < 1.29 is 21.6 Å². The highest BCUT2D eigenvalue weighted by atomic mass is 32.2. The fourth-order valence-electron chi connectivity index (χ4n) is 0.916. The summed E-state index contributed by atoms with van der Waals surface area (Å²) in [7, 11) is -3.81. The summed E-state index contributed by atoms with van der Waals surface area (Å²) in [4.78, 5) is 3.48. The molecule has 0 aromatic carbocycles. The van der Waals surface area contributed by atoms with Gasteiger partial charge < -0.3 is 0 Å². The van der Waals surface area contributed by atoms with Gasteiger partial charge in [0.15, 0.2) is 0 Å². The second-order valence-corrected chi connectivity index (χ2v) is 4.82. The minimum absolute atomic E-state index is 0.119. The molecule has 0 fully saturated rings. The number of alkyl halides is 3. The van der Waals surface area contributed by atoms with Crippen LogP contribution in [0.25, 0.3) is 0 Å². The molecule has 1 heterocycles. The Morgan fingerprint density at radius 2 is 2.12 bits per heavy atom. The summed E-state index contributed by atoms with van der Waals surface area (Å²) >= 11 is 0. The molecule has 0 aliphatic rings. The predicted octanol–water partition coefficient (Wildman–Crippen LogP) is 0.889. The Labute approximate surface area is 89.3 Å². The van der Waals surface area contributed by atoms with Crippen LogP contribution < -0.4 is 4.72 Å². The monoisotopic (exact) mass is 258 g/mol. The van der Waals surface area contributed by atoms with E-state index >= 15 is 0 Å². The van der Waals surface area contributed by atoms with Crippen LogP contribution >= 0.6 is 0 Å². The van der Waals surface area contributed by atoms with Crippen LogP contribution in [-0.4, -0.2) is 35.5 Å². The molecule has 16 heavy (non-hydrogen) atoms. The summed E-state index contributed by atoms with van der Waals surface area (Å²) < 4.78 is 59.7. The van der Waals surface area contributed by atoms with Crippen molar-refractivity contribution in [2.45, 2.75) is 19.0 Å². The van der Waals surface area contributed by atoms with Gasteiger partial charge in [-0.25, -0.2) is 13.5 Å². The highest BCUT2D eigenvalue weighted by Crippen LogP contribution is 2.21. The lowest BCUT2D eigenvalue weighted by Gasteiger charge is -2.06. The number of rotatable bonds is 5. The van der Waals surface area contributed by atoms with Crippen LogP contribution in [0.3, 0.4) is 0 Å². The first-order valence-corrected chi connectivity index (χ1v) is 5.86. The van der Waals surface area contributed by atoms with Gasteiger partial charge in [-0.05, 0) is 6.42 Å². The molecule has 10 heteroatoms. The number of nitrogens with one attached hydrogen (secondary N) is 2. The van der Waals surface area contributed by atoms with Gasteiger partial charge in [0.25, 0.3) is 0 Å². The molecule has 0 bridgehead atoms. The highest BCUT2D eigenvalue weighted by molar-refractivity contribution is 7.92.